The Morgan fingerprint density at radius 3 is 1.75 bits per heavy atom. The Kier molecular flexibility index (Phi) is 9.96. The fraction of sp³-hybridized carbons (Fsp3) is 0.417. The summed E-state index contributed by atoms with van der Waals surface area (Å²) < 4.78 is 5.23. The van der Waals surface area contributed by atoms with Crippen LogP contribution in [0.25, 0.3) is 0 Å². The summed E-state index contributed by atoms with van der Waals surface area (Å²) in [6.07, 6.45) is 5.40. The highest BCUT2D eigenvalue weighted by molar-refractivity contribution is 5.70. The van der Waals surface area contributed by atoms with Crippen molar-refractivity contribution in [3.05, 3.63) is 38.0 Å². The van der Waals surface area contributed by atoms with Gasteiger partial charge in [-0.2, -0.15) is 0 Å². The molecule has 0 saturated heterocycles. The summed E-state index contributed by atoms with van der Waals surface area (Å²) >= 11 is 0. The molecule has 0 spiro atoms. The Hall–Kier alpha value is -1.06. The third-order valence-corrected chi connectivity index (χ3v) is 2.24. The van der Waals surface area contributed by atoms with Crippen LogP contribution in [0.5, 0.6) is 0 Å². The van der Waals surface area contributed by atoms with Gasteiger partial charge in [-0.25, -0.2) is 4.79 Å². The van der Waals surface area contributed by atoms with Gasteiger partial charge < -0.3 is 21.6 Å². The van der Waals surface area contributed by atoms with Crippen LogP contribution in [-0.2, 0) is 9.53 Å². The minimum Gasteiger partial charge on any atom is -1.00 e. The topological polar surface area (TPSA) is 26.3 Å². The Morgan fingerprint density at radius 2 is 1.50 bits per heavy atom. The van der Waals surface area contributed by atoms with Crippen LogP contribution in [0.15, 0.2) is 38.0 Å². The van der Waals surface area contributed by atoms with Gasteiger partial charge in [0, 0.05) is 0 Å². The first-order chi connectivity index (χ1) is 7.14. The van der Waals surface area contributed by atoms with Crippen LogP contribution < -0.4 is 12.4 Å². The summed E-state index contributed by atoms with van der Waals surface area (Å²) in [4.78, 5) is 11.3. The van der Waals surface area contributed by atoms with Gasteiger partial charge in [0.05, 0.1) is 26.7 Å². The minimum absolute atomic E-state index is 0. The maximum Gasteiger partial charge on any atom is 0.361 e. The van der Waals surface area contributed by atoms with E-state index >= 15 is 0 Å². The number of methoxy groups -OCH3 is 1. The van der Waals surface area contributed by atoms with Crippen LogP contribution in [0.3, 0.4) is 0 Å². The smallest absolute Gasteiger partial charge is 0.361 e. The number of quaternary nitrogens is 1. The van der Waals surface area contributed by atoms with Crippen molar-refractivity contribution in [3.63, 3.8) is 0 Å². The molecule has 0 radical (unpaired) electrons. The molecule has 0 rings (SSSR count). The SMILES string of the molecule is C=CC[N+](CC=C)(CC=C)CC(=O)OC.[Cl-]. The summed E-state index contributed by atoms with van der Waals surface area (Å²) in [6.45, 7) is 13.5. The molecule has 3 nitrogen and oxygen atoms in total. The number of hydrogen-bond acceptors (Lipinski definition) is 2. The molecule has 92 valence electrons. The molecule has 0 heterocycles. The molecule has 16 heavy (non-hydrogen) atoms. The average molecular weight is 246 g/mol. The van der Waals surface area contributed by atoms with E-state index in [1.165, 1.54) is 7.11 Å². The molecule has 0 aromatic rings. The van der Waals surface area contributed by atoms with Crippen LogP contribution in [0.2, 0.25) is 0 Å². The predicted molar refractivity (Wildman–Crippen MR) is 62.3 cm³/mol. The molecule has 0 aromatic carbocycles. The third kappa shape index (κ3) is 5.73. The van der Waals surface area contributed by atoms with E-state index in [0.717, 1.165) is 0 Å². The quantitative estimate of drug-likeness (QED) is 0.297. The summed E-state index contributed by atoms with van der Waals surface area (Å²) in [5.74, 6) is -0.222. The molecular formula is C12H20ClNO2. The number of halogens is 1. The van der Waals surface area contributed by atoms with Crippen molar-refractivity contribution in [2.75, 3.05) is 33.3 Å². The molecule has 0 aromatic heterocycles. The number of rotatable bonds is 8. The first-order valence-corrected chi connectivity index (χ1v) is 4.88. The molecule has 4 heteroatoms. The van der Waals surface area contributed by atoms with Crippen LogP contribution in [-0.4, -0.2) is 43.7 Å². The number of carbonyl (C=O) groups is 1. The lowest BCUT2D eigenvalue weighted by Crippen LogP contribution is -3.00. The number of nitrogens with zero attached hydrogens (tertiary/aromatic N) is 1. The summed E-state index contributed by atoms with van der Waals surface area (Å²) in [6, 6.07) is 0. The van der Waals surface area contributed by atoms with Crippen molar-refractivity contribution in [3.8, 4) is 0 Å². The second-order valence-corrected chi connectivity index (χ2v) is 3.49. The zero-order valence-electron chi connectivity index (χ0n) is 9.82. The van der Waals surface area contributed by atoms with E-state index in [4.69, 9.17) is 0 Å². The van der Waals surface area contributed by atoms with Crippen LogP contribution in [0.1, 0.15) is 0 Å². The van der Waals surface area contributed by atoms with Gasteiger partial charge in [0.15, 0.2) is 6.54 Å². The van der Waals surface area contributed by atoms with Gasteiger partial charge in [-0.15, -0.1) is 0 Å². The largest absolute Gasteiger partial charge is 1.00 e. The zero-order valence-corrected chi connectivity index (χ0v) is 10.6. The molecule has 0 aliphatic carbocycles. The molecule has 0 unspecified atom stereocenters. The highest BCUT2D eigenvalue weighted by atomic mass is 35.5. The maximum absolute atomic E-state index is 11.3. The lowest BCUT2D eigenvalue weighted by atomic mass is 10.3. The molecule has 0 amide bonds. The molecular weight excluding hydrogens is 226 g/mol. The highest BCUT2D eigenvalue weighted by Crippen LogP contribution is 2.08. The summed E-state index contributed by atoms with van der Waals surface area (Å²) in [5.41, 5.74) is 0. The molecule has 0 aliphatic heterocycles. The van der Waals surface area contributed by atoms with Crippen molar-refractivity contribution < 1.29 is 26.4 Å². The van der Waals surface area contributed by atoms with Gasteiger partial charge in [-0.3, -0.25) is 0 Å². The zero-order chi connectivity index (χ0) is 11.7. The van der Waals surface area contributed by atoms with E-state index in [1.807, 2.05) is 0 Å². The van der Waals surface area contributed by atoms with Gasteiger partial charge in [0.2, 0.25) is 0 Å². The Labute approximate surface area is 104 Å². The van der Waals surface area contributed by atoms with E-state index < -0.39 is 0 Å². The Morgan fingerprint density at radius 1 is 1.12 bits per heavy atom. The van der Waals surface area contributed by atoms with Crippen molar-refractivity contribution in [2.45, 2.75) is 0 Å². The molecule has 0 fully saturated rings. The predicted octanol–water partition coefficient (Wildman–Crippen LogP) is -1.46. The first-order valence-electron chi connectivity index (χ1n) is 4.88. The first kappa shape index (κ1) is 17.3. The number of carbonyl (C=O) groups excluding carboxylic acids is 1. The standard InChI is InChI=1S/C12H20NO2.ClH/c1-5-8-13(9-6-2,10-7-3)11-12(14)15-4;/h5-7H,1-3,8-11H2,4H3;1H/q+1;/p-1. The van der Waals surface area contributed by atoms with Crippen LogP contribution in [0.4, 0.5) is 0 Å². The maximum atomic E-state index is 11.3. The van der Waals surface area contributed by atoms with E-state index in [-0.39, 0.29) is 18.4 Å². The van der Waals surface area contributed by atoms with Crippen molar-refractivity contribution in [2.24, 2.45) is 0 Å². The highest BCUT2D eigenvalue weighted by Gasteiger charge is 2.27. The molecule has 0 atom stereocenters. The van der Waals surface area contributed by atoms with Crippen molar-refractivity contribution >= 4 is 5.97 Å². The van der Waals surface area contributed by atoms with Gasteiger partial charge in [0.1, 0.15) is 0 Å². The lowest BCUT2D eigenvalue weighted by molar-refractivity contribution is -0.904. The Balaban J connectivity index is 0. The number of esters is 1. The van der Waals surface area contributed by atoms with Gasteiger partial charge in [0.25, 0.3) is 0 Å². The van der Waals surface area contributed by atoms with Crippen molar-refractivity contribution in [1.29, 1.82) is 0 Å². The average Bonchev–Trinajstić information content (AvgIpc) is 2.18. The van der Waals surface area contributed by atoms with Crippen molar-refractivity contribution in [1.82, 2.24) is 0 Å². The summed E-state index contributed by atoms with van der Waals surface area (Å²) in [7, 11) is 1.40. The molecule has 0 saturated carbocycles. The second kappa shape index (κ2) is 9.19. The third-order valence-electron chi connectivity index (χ3n) is 2.24. The lowest BCUT2D eigenvalue weighted by Gasteiger charge is -2.34. The second-order valence-electron chi connectivity index (χ2n) is 3.49. The van der Waals surface area contributed by atoms with E-state index in [0.29, 0.717) is 30.7 Å². The normalized spacial score (nSPS) is 9.81. The number of hydrogen-bond donors (Lipinski definition) is 0. The minimum atomic E-state index is -0.222. The van der Waals surface area contributed by atoms with E-state index in [2.05, 4.69) is 24.5 Å². The van der Waals surface area contributed by atoms with Crippen LogP contribution in [0, 0.1) is 0 Å². The number of ether oxygens (including phenoxy) is 1. The molecule has 0 N–H and O–H groups in total. The summed E-state index contributed by atoms with van der Waals surface area (Å²) in [5, 5.41) is 0. The monoisotopic (exact) mass is 245 g/mol. The van der Waals surface area contributed by atoms with Gasteiger partial charge in [-0.05, 0) is 18.2 Å². The van der Waals surface area contributed by atoms with E-state index in [1.54, 1.807) is 18.2 Å². The Bertz CT molecular complexity index is 225. The van der Waals surface area contributed by atoms with Gasteiger partial charge >= 0.3 is 5.97 Å². The van der Waals surface area contributed by atoms with E-state index in [9.17, 15) is 4.79 Å². The molecule has 0 aliphatic rings. The fourth-order valence-electron chi connectivity index (χ4n) is 1.58. The fourth-order valence-corrected chi connectivity index (χ4v) is 1.58. The van der Waals surface area contributed by atoms with Gasteiger partial charge in [-0.1, -0.05) is 19.7 Å². The molecule has 0 bridgehead atoms. The van der Waals surface area contributed by atoms with Crippen LogP contribution >= 0.6 is 0 Å².